The average molecular weight is 510 g/mol. The van der Waals surface area contributed by atoms with E-state index in [0.717, 1.165) is 71.1 Å². The molecule has 0 aromatic heterocycles. The van der Waals surface area contributed by atoms with Crippen LogP contribution in [0.4, 0.5) is 0 Å². The quantitative estimate of drug-likeness (QED) is 0.502. The van der Waals surface area contributed by atoms with Gasteiger partial charge in [-0.25, -0.2) is 0 Å². The molecule has 2 aliphatic carbocycles. The fourth-order valence-corrected chi connectivity index (χ4v) is 7.21. The van der Waals surface area contributed by atoms with Crippen LogP contribution in [0.3, 0.4) is 0 Å². The van der Waals surface area contributed by atoms with Gasteiger partial charge in [0, 0.05) is 31.7 Å². The van der Waals surface area contributed by atoms with Gasteiger partial charge in [-0.05, 0) is 82.5 Å². The molecule has 7 nitrogen and oxygen atoms in total. The minimum Gasteiger partial charge on any atom is -0.343 e. The Morgan fingerprint density at radius 1 is 1.00 bits per heavy atom. The van der Waals surface area contributed by atoms with E-state index in [2.05, 4.69) is 50.0 Å². The zero-order valence-electron chi connectivity index (χ0n) is 22.9. The van der Waals surface area contributed by atoms with E-state index in [1.54, 1.807) is 7.05 Å². The lowest BCUT2D eigenvalue weighted by atomic mass is 9.82. The van der Waals surface area contributed by atoms with Gasteiger partial charge in [0.1, 0.15) is 6.04 Å². The Hall–Kier alpha value is -1.96. The van der Waals surface area contributed by atoms with Gasteiger partial charge in [-0.15, -0.1) is 0 Å². The molecule has 2 aliphatic heterocycles. The number of hydrogen-bond donors (Lipinski definition) is 3. The predicted molar refractivity (Wildman–Crippen MR) is 147 cm³/mol. The van der Waals surface area contributed by atoms with E-state index >= 15 is 0 Å². The highest BCUT2D eigenvalue weighted by molar-refractivity contribution is 5.90. The molecule has 4 aliphatic rings. The van der Waals surface area contributed by atoms with Crippen molar-refractivity contribution in [3.8, 4) is 0 Å². The lowest BCUT2D eigenvalue weighted by Crippen LogP contribution is -2.65. The van der Waals surface area contributed by atoms with Gasteiger partial charge < -0.3 is 20.9 Å². The highest BCUT2D eigenvalue weighted by Gasteiger charge is 2.43. The third-order valence-electron chi connectivity index (χ3n) is 9.56. The molecular formula is C30H47N5O2. The molecule has 37 heavy (non-hydrogen) atoms. The predicted octanol–water partition coefficient (Wildman–Crippen LogP) is 3.00. The highest BCUT2D eigenvalue weighted by atomic mass is 16.2. The summed E-state index contributed by atoms with van der Waals surface area (Å²) in [6, 6.07) is 9.02. The van der Waals surface area contributed by atoms with Crippen molar-refractivity contribution >= 4 is 11.8 Å². The topological polar surface area (TPSA) is 76.7 Å². The average Bonchev–Trinajstić information content (AvgIpc) is 3.41. The fourth-order valence-electron chi connectivity index (χ4n) is 7.21. The number of nitrogens with one attached hydrogen (secondary N) is 3. The molecule has 7 heteroatoms. The van der Waals surface area contributed by atoms with Gasteiger partial charge in [-0.2, -0.15) is 0 Å². The SMILES string of the molecule is CN[C@@H](C)C(=O)N[C@H](C(=O)N1C[C@H]2CCCN2C[C@H]1CN[C@@H]1CCCc2ccccc21)C1CCCCC1. The molecule has 2 heterocycles. The number of benzene rings is 1. The number of piperazine rings is 1. The second kappa shape index (κ2) is 12.3. The van der Waals surface area contributed by atoms with Crippen LogP contribution in [0.1, 0.15) is 81.9 Å². The number of hydrogen-bond acceptors (Lipinski definition) is 5. The third kappa shape index (κ3) is 6.04. The zero-order valence-corrected chi connectivity index (χ0v) is 22.9. The Balaban J connectivity index is 1.34. The van der Waals surface area contributed by atoms with E-state index in [0.29, 0.717) is 12.1 Å². The Morgan fingerprint density at radius 2 is 1.81 bits per heavy atom. The van der Waals surface area contributed by atoms with Crippen molar-refractivity contribution in [1.82, 2.24) is 25.8 Å². The summed E-state index contributed by atoms with van der Waals surface area (Å²) in [7, 11) is 1.80. The van der Waals surface area contributed by atoms with Gasteiger partial charge in [0.25, 0.3) is 0 Å². The van der Waals surface area contributed by atoms with E-state index < -0.39 is 6.04 Å². The lowest BCUT2D eigenvalue weighted by molar-refractivity contribution is -0.144. The summed E-state index contributed by atoms with van der Waals surface area (Å²) in [5.41, 5.74) is 2.89. The maximum Gasteiger partial charge on any atom is 0.245 e. The molecule has 204 valence electrons. The van der Waals surface area contributed by atoms with Crippen molar-refractivity contribution < 1.29 is 9.59 Å². The molecule has 1 aromatic rings. The van der Waals surface area contributed by atoms with Crippen molar-refractivity contribution in [3.05, 3.63) is 35.4 Å². The van der Waals surface area contributed by atoms with Crippen molar-refractivity contribution in [2.45, 2.75) is 101 Å². The van der Waals surface area contributed by atoms with Crippen LogP contribution >= 0.6 is 0 Å². The van der Waals surface area contributed by atoms with Gasteiger partial charge in [0.2, 0.25) is 11.8 Å². The summed E-state index contributed by atoms with van der Waals surface area (Å²) in [6.45, 7) is 5.51. The van der Waals surface area contributed by atoms with Gasteiger partial charge in [0.05, 0.1) is 12.1 Å². The molecule has 0 bridgehead atoms. The summed E-state index contributed by atoms with van der Waals surface area (Å²) >= 11 is 0. The molecular weight excluding hydrogens is 462 g/mol. The summed E-state index contributed by atoms with van der Waals surface area (Å²) in [5.74, 6) is 0.306. The molecule has 5 rings (SSSR count). The molecule has 0 radical (unpaired) electrons. The largest absolute Gasteiger partial charge is 0.343 e. The normalized spacial score (nSPS) is 28.3. The maximum atomic E-state index is 14.3. The molecule has 2 saturated heterocycles. The first kappa shape index (κ1) is 26.6. The standard InChI is InChI=1S/C30H47N5O2/c1-21(31-2)29(36)33-28(23-11-4-3-5-12-23)30(37)35-20-24-14-9-17-34(24)19-25(35)18-32-27-16-8-13-22-10-6-7-15-26(22)27/h6-7,10,15,21,23-25,27-28,31-32H,3-5,8-9,11-14,16-20H2,1-2H3,(H,33,36)/t21-,24+,25+,27+,28-/m0/s1. The number of rotatable bonds is 8. The van der Waals surface area contributed by atoms with Crippen molar-refractivity contribution in [2.75, 3.05) is 33.2 Å². The van der Waals surface area contributed by atoms with E-state index in [4.69, 9.17) is 0 Å². The van der Waals surface area contributed by atoms with Crippen LogP contribution in [0.5, 0.6) is 0 Å². The van der Waals surface area contributed by atoms with Crippen molar-refractivity contribution in [3.63, 3.8) is 0 Å². The smallest absolute Gasteiger partial charge is 0.245 e. The summed E-state index contributed by atoms with van der Waals surface area (Å²) in [4.78, 5) is 32.1. The minimum absolute atomic E-state index is 0.0700. The van der Waals surface area contributed by atoms with Crippen LogP contribution in [-0.2, 0) is 16.0 Å². The first-order valence-electron chi connectivity index (χ1n) is 14.9. The van der Waals surface area contributed by atoms with Crippen LogP contribution in [0.15, 0.2) is 24.3 Å². The molecule has 3 N–H and O–H groups in total. The van der Waals surface area contributed by atoms with Crippen molar-refractivity contribution in [1.29, 1.82) is 0 Å². The second-order valence-corrected chi connectivity index (χ2v) is 11.9. The summed E-state index contributed by atoms with van der Waals surface area (Å²) in [6.07, 6.45) is 11.5. The minimum atomic E-state index is -0.422. The van der Waals surface area contributed by atoms with Crippen LogP contribution in [0, 0.1) is 5.92 Å². The molecule has 0 unspecified atom stereocenters. The molecule has 5 atom stereocenters. The van der Waals surface area contributed by atoms with Gasteiger partial charge in [0.15, 0.2) is 0 Å². The molecule has 0 spiro atoms. The van der Waals surface area contributed by atoms with Crippen LogP contribution in [-0.4, -0.2) is 79.0 Å². The van der Waals surface area contributed by atoms with Gasteiger partial charge in [-0.1, -0.05) is 43.5 Å². The first-order valence-corrected chi connectivity index (χ1v) is 14.9. The zero-order chi connectivity index (χ0) is 25.8. The van der Waals surface area contributed by atoms with Gasteiger partial charge >= 0.3 is 0 Å². The maximum absolute atomic E-state index is 14.3. The van der Waals surface area contributed by atoms with E-state index in [1.807, 2.05) is 6.92 Å². The number of amides is 2. The Kier molecular flexibility index (Phi) is 8.83. The number of nitrogens with zero attached hydrogens (tertiary/aromatic N) is 2. The second-order valence-electron chi connectivity index (χ2n) is 11.9. The van der Waals surface area contributed by atoms with Gasteiger partial charge in [-0.3, -0.25) is 14.5 Å². The van der Waals surface area contributed by atoms with E-state index in [1.165, 1.54) is 30.4 Å². The molecule has 3 fully saturated rings. The number of fused-ring (bicyclic) bond motifs is 2. The Morgan fingerprint density at radius 3 is 2.62 bits per heavy atom. The highest BCUT2D eigenvalue weighted by Crippen LogP contribution is 2.32. The number of likely N-dealkylation sites (N-methyl/N-ethyl adjacent to an activating group) is 1. The van der Waals surface area contributed by atoms with E-state index in [9.17, 15) is 9.59 Å². The van der Waals surface area contributed by atoms with Crippen LogP contribution in [0.2, 0.25) is 0 Å². The molecule has 1 saturated carbocycles. The Bertz CT molecular complexity index is 932. The molecule has 1 aromatic carbocycles. The first-order chi connectivity index (χ1) is 18.0. The van der Waals surface area contributed by atoms with Crippen LogP contribution < -0.4 is 16.0 Å². The van der Waals surface area contributed by atoms with Crippen molar-refractivity contribution in [2.24, 2.45) is 5.92 Å². The summed E-state index contributed by atoms with van der Waals surface area (Å²) < 4.78 is 0. The fraction of sp³-hybridized carbons (Fsp3) is 0.733. The third-order valence-corrected chi connectivity index (χ3v) is 9.56. The lowest BCUT2D eigenvalue weighted by Gasteiger charge is -2.46. The molecule has 2 amide bonds. The monoisotopic (exact) mass is 509 g/mol. The number of aryl methyl sites for hydroxylation is 1. The number of carbonyl (C=O) groups is 2. The summed E-state index contributed by atoms with van der Waals surface area (Å²) in [5, 5.41) is 10.1. The number of carbonyl (C=O) groups excluding carboxylic acids is 2. The Labute approximate surface area is 223 Å². The van der Waals surface area contributed by atoms with E-state index in [-0.39, 0.29) is 29.8 Å². The van der Waals surface area contributed by atoms with Crippen LogP contribution in [0.25, 0.3) is 0 Å².